The maximum Gasteiger partial charge on any atom is 0.347 e. The molecule has 37 heavy (non-hydrogen) atoms. The Hall–Kier alpha value is -3.56. The predicted molar refractivity (Wildman–Crippen MR) is 141 cm³/mol. The molecule has 0 saturated carbocycles. The van der Waals surface area contributed by atoms with Gasteiger partial charge in [0.15, 0.2) is 12.4 Å². The second-order valence-corrected chi connectivity index (χ2v) is 9.01. The lowest BCUT2D eigenvalue weighted by molar-refractivity contribution is -0.601. The van der Waals surface area contributed by atoms with Crippen molar-refractivity contribution in [1.29, 1.82) is 0 Å². The number of nitrogens with zero attached hydrogens (tertiary/aromatic N) is 6. The molecule has 1 aromatic heterocycles. The Balaban J connectivity index is 1.58. The van der Waals surface area contributed by atoms with E-state index < -0.39 is 9.85 Å². The second kappa shape index (κ2) is 17.8. The molecule has 11 nitrogen and oxygen atoms in total. The summed E-state index contributed by atoms with van der Waals surface area (Å²) in [6, 6.07) is 7.43. The van der Waals surface area contributed by atoms with Crippen molar-refractivity contribution in [3.05, 3.63) is 79.0 Å². The highest BCUT2D eigenvalue weighted by Crippen LogP contribution is 2.24. The molecule has 0 spiro atoms. The first-order valence-corrected chi connectivity index (χ1v) is 13.0. The van der Waals surface area contributed by atoms with E-state index in [4.69, 9.17) is 10.3 Å². The van der Waals surface area contributed by atoms with Crippen LogP contribution in [0.4, 0.5) is 11.4 Å². The van der Waals surface area contributed by atoms with Gasteiger partial charge in [-0.2, -0.15) is 4.57 Å². The summed E-state index contributed by atoms with van der Waals surface area (Å²) in [4.78, 5) is 23.9. The average molecular weight is 514 g/mol. The second-order valence-electron chi connectivity index (χ2n) is 9.01. The molecule has 0 atom stereocenters. The molecule has 0 unspecified atom stereocenters. The lowest BCUT2D eigenvalue weighted by Gasteiger charge is -2.05. The number of nitro groups is 2. The van der Waals surface area contributed by atoms with Gasteiger partial charge < -0.3 is 4.74 Å². The summed E-state index contributed by atoms with van der Waals surface area (Å²) in [5, 5.41) is 26.0. The van der Waals surface area contributed by atoms with Crippen LogP contribution in [-0.2, 0) is 11.2 Å². The summed E-state index contributed by atoms with van der Waals surface area (Å²) >= 11 is 0. The van der Waals surface area contributed by atoms with Gasteiger partial charge in [-0.3, -0.25) is 20.2 Å². The summed E-state index contributed by atoms with van der Waals surface area (Å²) in [7, 11) is 0. The van der Waals surface area contributed by atoms with Gasteiger partial charge >= 0.3 is 5.69 Å². The standard InChI is InChI=1S/C26H37N6O5/c27-29-28-17-9-7-5-3-1-2-4-6-8-10-19-37-20-12-14-23-13-11-18-30(22-23)25-16-15-24(31(33)34)21-26(25)32(35)36/h11,13,15-16,18,21-22H,1-10,12,14,17,19-20H2/q+1. The lowest BCUT2D eigenvalue weighted by atomic mass is 10.1. The fourth-order valence-electron chi connectivity index (χ4n) is 4.14. The van der Waals surface area contributed by atoms with Crippen LogP contribution >= 0.6 is 0 Å². The lowest BCUT2D eigenvalue weighted by Crippen LogP contribution is -2.31. The molecule has 0 fully saturated rings. The molecule has 2 aromatic rings. The Labute approximate surface area is 217 Å². The molecule has 200 valence electrons. The van der Waals surface area contributed by atoms with Crippen LogP contribution in [0.5, 0.6) is 0 Å². The Kier molecular flexibility index (Phi) is 14.3. The number of non-ortho nitro benzene ring substituents is 1. The molecule has 0 aliphatic heterocycles. The SMILES string of the molecule is [N-]=[N+]=NCCCCCCCCCCCCOCCCc1ccc[n+](-c2ccc([N+](=O)[O-])cc2[N+](=O)[O-])c1. The molecule has 1 heterocycles. The first-order valence-electron chi connectivity index (χ1n) is 13.0. The maximum absolute atomic E-state index is 11.4. The fraction of sp³-hybridized carbons (Fsp3) is 0.577. The van der Waals surface area contributed by atoms with Crippen LogP contribution in [0, 0.1) is 20.2 Å². The largest absolute Gasteiger partial charge is 0.381 e. The van der Waals surface area contributed by atoms with Crippen molar-refractivity contribution < 1.29 is 19.2 Å². The van der Waals surface area contributed by atoms with Crippen molar-refractivity contribution in [2.45, 2.75) is 77.0 Å². The van der Waals surface area contributed by atoms with Gasteiger partial charge in [0.1, 0.15) is 6.07 Å². The molecule has 1 aromatic carbocycles. The Morgan fingerprint density at radius 1 is 0.865 bits per heavy atom. The van der Waals surface area contributed by atoms with E-state index >= 15 is 0 Å². The van der Waals surface area contributed by atoms with E-state index in [1.165, 1.54) is 57.1 Å². The highest BCUT2D eigenvalue weighted by Gasteiger charge is 2.26. The number of pyridine rings is 1. The van der Waals surface area contributed by atoms with E-state index in [9.17, 15) is 20.2 Å². The number of hydrogen-bond acceptors (Lipinski definition) is 6. The zero-order valence-corrected chi connectivity index (χ0v) is 21.4. The third-order valence-electron chi connectivity index (χ3n) is 6.12. The molecule has 11 heteroatoms. The van der Waals surface area contributed by atoms with Gasteiger partial charge in [-0.15, -0.1) is 0 Å². The van der Waals surface area contributed by atoms with Crippen LogP contribution in [0.25, 0.3) is 16.1 Å². The highest BCUT2D eigenvalue weighted by molar-refractivity contribution is 5.53. The first-order chi connectivity index (χ1) is 18.0. The Morgan fingerprint density at radius 2 is 1.51 bits per heavy atom. The number of unbranched alkanes of at least 4 members (excludes halogenated alkanes) is 9. The van der Waals surface area contributed by atoms with Gasteiger partial charge in [0, 0.05) is 48.4 Å². The van der Waals surface area contributed by atoms with E-state index in [0.29, 0.717) is 13.2 Å². The van der Waals surface area contributed by atoms with E-state index in [2.05, 4.69) is 10.0 Å². The van der Waals surface area contributed by atoms with Gasteiger partial charge in [-0.1, -0.05) is 56.5 Å². The molecule has 0 aliphatic rings. The van der Waals surface area contributed by atoms with Gasteiger partial charge in [-0.05, 0) is 37.3 Å². The van der Waals surface area contributed by atoms with E-state index in [1.54, 1.807) is 10.8 Å². The van der Waals surface area contributed by atoms with Crippen molar-refractivity contribution in [1.82, 2.24) is 0 Å². The quantitative estimate of drug-likeness (QED) is 0.0357. The van der Waals surface area contributed by atoms with Crippen LogP contribution in [-0.4, -0.2) is 29.6 Å². The highest BCUT2D eigenvalue weighted by atomic mass is 16.6. The fourth-order valence-corrected chi connectivity index (χ4v) is 4.14. The molecule has 0 saturated heterocycles. The third-order valence-corrected chi connectivity index (χ3v) is 6.12. The number of hydrogen-bond donors (Lipinski definition) is 0. The average Bonchev–Trinajstić information content (AvgIpc) is 2.90. The van der Waals surface area contributed by atoms with Crippen LogP contribution in [0.3, 0.4) is 0 Å². The number of aromatic nitrogens is 1. The zero-order chi connectivity index (χ0) is 26.7. The summed E-state index contributed by atoms with van der Waals surface area (Å²) < 4.78 is 7.40. The number of benzene rings is 1. The van der Waals surface area contributed by atoms with E-state index in [0.717, 1.165) is 50.3 Å². The summed E-state index contributed by atoms with van der Waals surface area (Å²) in [6.07, 6.45) is 17.0. The monoisotopic (exact) mass is 513 g/mol. The van der Waals surface area contributed by atoms with E-state index in [-0.39, 0.29) is 17.1 Å². The summed E-state index contributed by atoms with van der Waals surface area (Å²) in [6.45, 7) is 2.03. The van der Waals surface area contributed by atoms with Crippen LogP contribution in [0.15, 0.2) is 47.8 Å². The van der Waals surface area contributed by atoms with Crippen molar-refractivity contribution in [2.24, 2.45) is 5.11 Å². The molecule has 0 aliphatic carbocycles. The molecule has 0 radical (unpaired) electrons. The van der Waals surface area contributed by atoms with Gasteiger partial charge in [0.2, 0.25) is 0 Å². The zero-order valence-electron chi connectivity index (χ0n) is 21.4. The van der Waals surface area contributed by atoms with Crippen molar-refractivity contribution >= 4 is 11.4 Å². The summed E-state index contributed by atoms with van der Waals surface area (Å²) in [5.74, 6) is 0. The van der Waals surface area contributed by atoms with Crippen LogP contribution in [0.2, 0.25) is 0 Å². The topological polar surface area (TPSA) is 148 Å². The number of azide groups is 1. The molecular weight excluding hydrogens is 476 g/mol. The normalized spacial score (nSPS) is 10.7. The number of ether oxygens (including phenoxy) is 1. The number of aryl methyl sites for hydroxylation is 1. The predicted octanol–water partition coefficient (Wildman–Crippen LogP) is 6.94. The van der Waals surface area contributed by atoms with Crippen molar-refractivity contribution in [3.8, 4) is 5.69 Å². The van der Waals surface area contributed by atoms with Gasteiger partial charge in [0.25, 0.3) is 11.4 Å². The Morgan fingerprint density at radius 3 is 2.16 bits per heavy atom. The summed E-state index contributed by atoms with van der Waals surface area (Å²) in [5.41, 5.74) is 8.90. The van der Waals surface area contributed by atoms with Crippen LogP contribution in [0.1, 0.15) is 76.2 Å². The maximum atomic E-state index is 11.4. The van der Waals surface area contributed by atoms with Gasteiger partial charge in [-0.25, -0.2) is 0 Å². The molecule has 0 amide bonds. The number of nitro benzene ring substituents is 2. The third kappa shape index (κ3) is 11.8. The molecule has 2 rings (SSSR count). The molecular formula is C26H37N6O5+. The number of rotatable bonds is 20. The minimum Gasteiger partial charge on any atom is -0.381 e. The molecule has 0 N–H and O–H groups in total. The van der Waals surface area contributed by atoms with Crippen LogP contribution < -0.4 is 4.57 Å². The smallest absolute Gasteiger partial charge is 0.347 e. The Bertz CT molecular complexity index is 1040. The first kappa shape index (κ1) is 29.7. The molecule has 0 bridgehead atoms. The minimum absolute atomic E-state index is 0.288. The minimum atomic E-state index is -0.639. The van der Waals surface area contributed by atoms with E-state index in [1.807, 2.05) is 18.3 Å². The van der Waals surface area contributed by atoms with Crippen molar-refractivity contribution in [2.75, 3.05) is 19.8 Å². The van der Waals surface area contributed by atoms with Crippen molar-refractivity contribution in [3.63, 3.8) is 0 Å². The van der Waals surface area contributed by atoms with Gasteiger partial charge in [0.05, 0.1) is 9.85 Å².